The molecule has 0 aromatic carbocycles. The summed E-state index contributed by atoms with van der Waals surface area (Å²) in [5.74, 6) is 0. The number of carbonyl (C=O) groups excluding carboxylic acids is 1. The van der Waals surface area contributed by atoms with Crippen LogP contribution in [0.4, 0.5) is 9.93 Å². The minimum Gasteiger partial charge on any atom is -0.444 e. The number of aromatic nitrogens is 1. The van der Waals surface area contributed by atoms with Crippen molar-refractivity contribution in [3.63, 3.8) is 0 Å². The molecule has 1 aromatic heterocycles. The number of carbonyl (C=O) groups is 1. The van der Waals surface area contributed by atoms with Crippen molar-refractivity contribution in [1.29, 1.82) is 0 Å². The molecule has 0 fully saturated rings. The fraction of sp³-hybridized carbons (Fsp3) is 0.500. The molecule has 0 unspecified atom stereocenters. The highest BCUT2D eigenvalue weighted by molar-refractivity contribution is 7.65. The van der Waals surface area contributed by atoms with E-state index in [1.54, 1.807) is 26.2 Å². The fourth-order valence-corrected chi connectivity index (χ4v) is 1.79. The van der Waals surface area contributed by atoms with E-state index >= 15 is 0 Å². The zero-order valence-electron chi connectivity index (χ0n) is 8.57. The Labute approximate surface area is 95.3 Å². The number of rotatable bonds is 2. The first-order valence-electron chi connectivity index (χ1n) is 4.16. The van der Waals surface area contributed by atoms with Crippen LogP contribution in [0.2, 0.25) is 0 Å². The van der Waals surface area contributed by atoms with Gasteiger partial charge in [0.2, 0.25) is 0 Å². The van der Waals surface area contributed by atoms with Gasteiger partial charge in [0.1, 0.15) is 17.3 Å². The predicted molar refractivity (Wildman–Crippen MR) is 58.4 cm³/mol. The van der Waals surface area contributed by atoms with Gasteiger partial charge in [-0.2, -0.15) is 0 Å². The van der Waals surface area contributed by atoms with Gasteiger partial charge in [0.05, 0.1) is 0 Å². The topological polar surface area (TPSA) is 68.3 Å². The van der Waals surface area contributed by atoms with Crippen molar-refractivity contribution in [1.82, 2.24) is 4.98 Å². The van der Waals surface area contributed by atoms with Crippen LogP contribution < -0.4 is 5.32 Å². The van der Waals surface area contributed by atoms with Crippen LogP contribution in [0.5, 0.6) is 0 Å². The van der Waals surface area contributed by atoms with Gasteiger partial charge in [0.25, 0.3) is 0 Å². The number of anilines is 1. The Morgan fingerprint density at radius 1 is 1.60 bits per heavy atom. The SMILES string of the molecule is CC(C)(C)OC(=O)Nc1nc([S]=O)cs1. The summed E-state index contributed by atoms with van der Waals surface area (Å²) in [5.41, 5.74) is -0.544. The molecule has 83 valence electrons. The zero-order chi connectivity index (χ0) is 11.5. The van der Waals surface area contributed by atoms with Crippen LogP contribution in [-0.2, 0) is 16.4 Å². The molecule has 0 bridgehead atoms. The summed E-state index contributed by atoms with van der Waals surface area (Å²) in [4.78, 5) is 15.1. The molecule has 1 rings (SSSR count). The van der Waals surface area contributed by atoms with E-state index in [0.29, 0.717) is 10.2 Å². The normalized spacial score (nSPS) is 10.9. The van der Waals surface area contributed by atoms with Crippen LogP contribution in [0.3, 0.4) is 0 Å². The maximum absolute atomic E-state index is 11.3. The van der Waals surface area contributed by atoms with Gasteiger partial charge in [-0.05, 0) is 20.8 Å². The largest absolute Gasteiger partial charge is 0.444 e. The number of amides is 1. The quantitative estimate of drug-likeness (QED) is 0.868. The van der Waals surface area contributed by atoms with Crippen LogP contribution in [0.15, 0.2) is 10.4 Å². The van der Waals surface area contributed by atoms with E-state index in [-0.39, 0.29) is 11.7 Å². The number of hydrogen-bond acceptors (Lipinski definition) is 5. The number of thiazole rings is 1. The molecule has 1 N–H and O–H groups in total. The minimum absolute atomic E-state index is 0.287. The van der Waals surface area contributed by atoms with Gasteiger partial charge in [-0.15, -0.1) is 11.3 Å². The number of nitrogens with zero attached hydrogens (tertiary/aromatic N) is 1. The summed E-state index contributed by atoms with van der Waals surface area (Å²) in [6, 6.07) is 0. The van der Waals surface area contributed by atoms with Crippen molar-refractivity contribution in [3.05, 3.63) is 5.38 Å². The van der Waals surface area contributed by atoms with Gasteiger partial charge in [-0.25, -0.2) is 14.0 Å². The van der Waals surface area contributed by atoms with Gasteiger partial charge < -0.3 is 4.74 Å². The lowest BCUT2D eigenvalue weighted by Crippen LogP contribution is -2.27. The summed E-state index contributed by atoms with van der Waals surface area (Å²) in [7, 11) is 0. The lowest BCUT2D eigenvalue weighted by Gasteiger charge is -2.18. The Balaban J connectivity index is 2.55. The Hall–Kier alpha value is -1.08. The third-order valence-corrected chi connectivity index (χ3v) is 2.46. The number of hydrogen-bond donors (Lipinski definition) is 1. The first-order chi connectivity index (χ1) is 6.90. The highest BCUT2D eigenvalue weighted by Gasteiger charge is 2.17. The smallest absolute Gasteiger partial charge is 0.413 e. The third kappa shape index (κ3) is 4.30. The maximum atomic E-state index is 11.3. The van der Waals surface area contributed by atoms with E-state index in [0.717, 1.165) is 0 Å². The Bertz CT molecular complexity index is 370. The van der Waals surface area contributed by atoms with Crippen molar-refractivity contribution in [2.45, 2.75) is 31.4 Å². The molecule has 0 aliphatic rings. The summed E-state index contributed by atoms with van der Waals surface area (Å²) >= 11 is 1.47. The zero-order valence-corrected chi connectivity index (χ0v) is 10.2. The van der Waals surface area contributed by atoms with Crippen molar-refractivity contribution < 1.29 is 13.7 Å². The predicted octanol–water partition coefficient (Wildman–Crippen LogP) is 2.06. The molecule has 1 heterocycles. The molecule has 1 aromatic rings. The van der Waals surface area contributed by atoms with E-state index in [2.05, 4.69) is 10.3 Å². The van der Waals surface area contributed by atoms with E-state index in [1.807, 2.05) is 0 Å². The van der Waals surface area contributed by atoms with Crippen molar-refractivity contribution in [2.24, 2.45) is 0 Å². The fourth-order valence-electron chi connectivity index (χ4n) is 0.746. The van der Waals surface area contributed by atoms with E-state index in [4.69, 9.17) is 4.74 Å². The van der Waals surface area contributed by atoms with Crippen molar-refractivity contribution in [3.8, 4) is 0 Å². The van der Waals surface area contributed by atoms with Crippen LogP contribution in [-0.4, -0.2) is 20.9 Å². The Morgan fingerprint density at radius 3 is 2.73 bits per heavy atom. The van der Waals surface area contributed by atoms with Gasteiger partial charge in [-0.3, -0.25) is 5.32 Å². The summed E-state index contributed by atoms with van der Waals surface area (Å²) < 4.78 is 15.4. The highest BCUT2D eigenvalue weighted by Crippen LogP contribution is 2.16. The summed E-state index contributed by atoms with van der Waals surface area (Å²) in [6.45, 7) is 5.31. The second kappa shape index (κ2) is 4.63. The molecule has 15 heavy (non-hydrogen) atoms. The van der Waals surface area contributed by atoms with Crippen LogP contribution >= 0.6 is 11.3 Å². The Kier molecular flexibility index (Phi) is 3.70. The summed E-state index contributed by atoms with van der Waals surface area (Å²) in [6.07, 6.45) is -0.570. The molecule has 0 spiro atoms. The Morgan fingerprint density at radius 2 is 2.27 bits per heavy atom. The third-order valence-electron chi connectivity index (χ3n) is 1.18. The van der Waals surface area contributed by atoms with E-state index in [1.165, 1.54) is 11.3 Å². The monoisotopic (exact) mass is 247 g/mol. The van der Waals surface area contributed by atoms with Gasteiger partial charge in [0, 0.05) is 5.38 Å². The standard InChI is InChI=1S/C8H11N2O3S2/c1-8(2,3)13-7(11)10-6-9-5(15-12)4-14-6/h4H,1-3H3,(H,9,10,11). The lowest BCUT2D eigenvalue weighted by molar-refractivity contribution is 0.0636. The van der Waals surface area contributed by atoms with E-state index < -0.39 is 11.7 Å². The molecular weight excluding hydrogens is 236 g/mol. The van der Waals surface area contributed by atoms with Crippen LogP contribution in [0, 0.1) is 0 Å². The number of ether oxygens (including phenoxy) is 1. The second-order valence-corrected chi connectivity index (χ2v) is 5.14. The average molecular weight is 247 g/mol. The molecular formula is C8H11N2O3S2. The van der Waals surface area contributed by atoms with Gasteiger partial charge in [-0.1, -0.05) is 0 Å². The van der Waals surface area contributed by atoms with Crippen LogP contribution in [0.25, 0.3) is 0 Å². The van der Waals surface area contributed by atoms with Crippen molar-refractivity contribution >= 4 is 34.2 Å². The molecule has 0 saturated carbocycles. The molecule has 0 aliphatic carbocycles. The lowest BCUT2D eigenvalue weighted by atomic mass is 10.2. The minimum atomic E-state index is -0.570. The molecule has 0 saturated heterocycles. The molecule has 0 aliphatic heterocycles. The maximum Gasteiger partial charge on any atom is 0.413 e. The molecule has 5 nitrogen and oxygen atoms in total. The molecule has 7 heteroatoms. The number of nitrogens with one attached hydrogen (secondary N) is 1. The van der Waals surface area contributed by atoms with Gasteiger partial charge >= 0.3 is 6.09 Å². The van der Waals surface area contributed by atoms with E-state index in [9.17, 15) is 9.00 Å². The highest BCUT2D eigenvalue weighted by atomic mass is 32.1. The van der Waals surface area contributed by atoms with Crippen LogP contribution in [0.1, 0.15) is 20.8 Å². The molecule has 1 radical (unpaired) electrons. The summed E-state index contributed by atoms with van der Waals surface area (Å²) in [5, 5.41) is 4.72. The van der Waals surface area contributed by atoms with Gasteiger partial charge in [0.15, 0.2) is 10.2 Å². The van der Waals surface area contributed by atoms with Crippen molar-refractivity contribution in [2.75, 3.05) is 5.32 Å². The first kappa shape index (κ1) is 12.0. The average Bonchev–Trinajstić information content (AvgIpc) is 2.48. The molecule has 1 amide bonds. The molecule has 0 atom stereocenters. The second-order valence-electron chi connectivity index (χ2n) is 3.70. The first-order valence-corrected chi connectivity index (χ1v) is 5.78.